The van der Waals surface area contributed by atoms with Crippen molar-refractivity contribution in [3.05, 3.63) is 23.4 Å². The van der Waals surface area contributed by atoms with Crippen molar-refractivity contribution in [2.24, 2.45) is 5.92 Å². The van der Waals surface area contributed by atoms with Crippen LogP contribution in [0.1, 0.15) is 36.8 Å². The highest BCUT2D eigenvalue weighted by Gasteiger charge is 2.45. The summed E-state index contributed by atoms with van der Waals surface area (Å²) >= 11 is 5.41. The van der Waals surface area contributed by atoms with Crippen LogP contribution in [-0.2, 0) is 12.8 Å². The minimum Gasteiger partial charge on any atom is -0.386 e. The number of rotatable bonds is 3. The number of nitrogens with zero attached hydrogens (tertiary/aromatic N) is 2. The first-order chi connectivity index (χ1) is 11.6. The van der Waals surface area contributed by atoms with E-state index in [0.29, 0.717) is 17.6 Å². The molecule has 0 amide bonds. The van der Waals surface area contributed by atoms with Crippen molar-refractivity contribution in [1.82, 2.24) is 15.2 Å². The first-order valence-electron chi connectivity index (χ1n) is 9.10. The number of aliphatic hydroxyl groups is 1. The summed E-state index contributed by atoms with van der Waals surface area (Å²) in [5, 5.41) is 17.9. The first-order valence-corrected chi connectivity index (χ1v) is 9.51. The second-order valence-electron chi connectivity index (χ2n) is 7.51. The van der Waals surface area contributed by atoms with Crippen molar-refractivity contribution < 1.29 is 5.11 Å². The number of hydrogen-bond donors (Lipinski definition) is 3. The number of thiocarbonyl (C=S) groups is 1. The number of aryl methyl sites for hydroxylation is 2. The van der Waals surface area contributed by atoms with Crippen molar-refractivity contribution in [3.63, 3.8) is 0 Å². The zero-order valence-electron chi connectivity index (χ0n) is 14.1. The molecule has 1 atom stereocenters. The molecule has 3 saturated heterocycles. The molecule has 4 heterocycles. The Balaban J connectivity index is 1.34. The van der Waals surface area contributed by atoms with Crippen LogP contribution < -0.4 is 10.6 Å². The van der Waals surface area contributed by atoms with E-state index >= 15 is 0 Å². The quantitative estimate of drug-likeness (QED) is 0.725. The van der Waals surface area contributed by atoms with Gasteiger partial charge in [-0.2, -0.15) is 0 Å². The molecule has 4 aliphatic rings. The number of nitrogens with one attached hydrogen (secondary N) is 2. The van der Waals surface area contributed by atoms with E-state index in [-0.39, 0.29) is 0 Å². The van der Waals surface area contributed by atoms with E-state index in [2.05, 4.69) is 26.6 Å². The largest absolute Gasteiger partial charge is 0.386 e. The Labute approximate surface area is 148 Å². The molecule has 3 N–H and O–H groups in total. The maximum absolute atomic E-state index is 10.9. The van der Waals surface area contributed by atoms with E-state index in [4.69, 9.17) is 12.2 Å². The number of piperidine rings is 3. The van der Waals surface area contributed by atoms with Crippen LogP contribution in [0.15, 0.2) is 12.3 Å². The molecule has 5 nitrogen and oxygen atoms in total. The molecular weight excluding hydrogens is 320 g/mol. The van der Waals surface area contributed by atoms with E-state index in [1.807, 2.05) is 6.20 Å². The van der Waals surface area contributed by atoms with Gasteiger partial charge in [0.2, 0.25) is 0 Å². The van der Waals surface area contributed by atoms with Gasteiger partial charge in [0.15, 0.2) is 5.11 Å². The molecule has 5 rings (SSSR count). The highest BCUT2D eigenvalue weighted by Crippen LogP contribution is 2.35. The number of hydrogen-bond acceptors (Lipinski definition) is 4. The molecule has 0 saturated carbocycles. The van der Waals surface area contributed by atoms with Crippen molar-refractivity contribution in [3.8, 4) is 0 Å². The molecule has 0 spiro atoms. The lowest BCUT2D eigenvalue weighted by molar-refractivity contribution is -0.107. The molecule has 0 unspecified atom stereocenters. The summed E-state index contributed by atoms with van der Waals surface area (Å²) in [6, 6.07) is 2.12. The van der Waals surface area contributed by atoms with Crippen LogP contribution in [0.4, 0.5) is 5.82 Å². The molecule has 3 fully saturated rings. The fourth-order valence-electron chi connectivity index (χ4n) is 4.42. The average Bonchev–Trinajstić information content (AvgIpc) is 2.61. The van der Waals surface area contributed by atoms with Crippen LogP contribution in [0.25, 0.3) is 0 Å². The maximum Gasteiger partial charge on any atom is 0.172 e. The third-order valence-corrected chi connectivity index (χ3v) is 6.11. The Morgan fingerprint density at radius 1 is 1.29 bits per heavy atom. The van der Waals surface area contributed by atoms with Gasteiger partial charge in [0.25, 0.3) is 0 Å². The smallest absolute Gasteiger partial charge is 0.172 e. The topological polar surface area (TPSA) is 60.4 Å². The Hall–Kier alpha value is -1.24. The van der Waals surface area contributed by atoms with Gasteiger partial charge in [-0.25, -0.2) is 4.98 Å². The second kappa shape index (κ2) is 6.58. The number of pyridine rings is 1. The van der Waals surface area contributed by atoms with Crippen molar-refractivity contribution in [2.75, 3.05) is 31.5 Å². The molecule has 130 valence electrons. The fourth-order valence-corrected chi connectivity index (χ4v) is 4.60. The van der Waals surface area contributed by atoms with E-state index in [0.717, 1.165) is 51.1 Å². The van der Waals surface area contributed by atoms with E-state index in [1.54, 1.807) is 0 Å². The Morgan fingerprint density at radius 2 is 2.04 bits per heavy atom. The number of anilines is 1. The van der Waals surface area contributed by atoms with Gasteiger partial charge in [-0.15, -0.1) is 0 Å². The minimum absolute atomic E-state index is 0.389. The van der Waals surface area contributed by atoms with Crippen LogP contribution in [0.3, 0.4) is 0 Å². The fraction of sp³-hybridized carbons (Fsp3) is 0.667. The molecule has 2 bridgehead atoms. The lowest BCUT2D eigenvalue weighted by atomic mass is 9.75. The number of fused-ring (bicyclic) bond motifs is 4. The van der Waals surface area contributed by atoms with Gasteiger partial charge in [0.1, 0.15) is 5.82 Å². The molecular formula is C18H26N4OS. The van der Waals surface area contributed by atoms with Crippen LogP contribution in [0, 0.1) is 5.92 Å². The van der Waals surface area contributed by atoms with Gasteiger partial charge in [0.05, 0.1) is 5.60 Å². The van der Waals surface area contributed by atoms with Gasteiger partial charge in [-0.1, -0.05) is 0 Å². The standard InChI is InChI=1S/C18H26N4OS/c23-18(12-22-7-5-15(18)6-8-22)11-20-17(24)21-16-9-13-3-1-2-4-14(13)10-19-16/h9-10,15,23H,1-8,11-12H2,(H2,19,20,21,24)/t18-/m0/s1. The predicted octanol–water partition coefficient (Wildman–Crippen LogP) is 1.70. The number of aromatic nitrogens is 1. The molecule has 0 aromatic carbocycles. The van der Waals surface area contributed by atoms with Crippen molar-refractivity contribution in [2.45, 2.75) is 44.1 Å². The van der Waals surface area contributed by atoms with Crippen LogP contribution in [0.2, 0.25) is 0 Å². The summed E-state index contributed by atoms with van der Waals surface area (Å²) in [5.74, 6) is 1.19. The Bertz CT molecular complexity index is 629. The Morgan fingerprint density at radius 3 is 2.75 bits per heavy atom. The monoisotopic (exact) mass is 346 g/mol. The van der Waals surface area contributed by atoms with Crippen molar-refractivity contribution in [1.29, 1.82) is 0 Å². The second-order valence-corrected chi connectivity index (χ2v) is 7.92. The molecule has 1 aromatic rings. The highest BCUT2D eigenvalue weighted by molar-refractivity contribution is 7.80. The zero-order chi connectivity index (χ0) is 16.6. The lowest BCUT2D eigenvalue weighted by Gasteiger charge is -2.50. The molecule has 1 aliphatic carbocycles. The van der Waals surface area contributed by atoms with Crippen molar-refractivity contribution >= 4 is 23.1 Å². The molecule has 3 aliphatic heterocycles. The summed E-state index contributed by atoms with van der Waals surface area (Å²) in [4.78, 5) is 6.82. The first kappa shape index (κ1) is 16.2. The summed E-state index contributed by atoms with van der Waals surface area (Å²) in [5.41, 5.74) is 2.09. The van der Waals surface area contributed by atoms with Crippen LogP contribution >= 0.6 is 12.2 Å². The normalized spacial score (nSPS) is 31.4. The van der Waals surface area contributed by atoms with E-state index < -0.39 is 5.60 Å². The average molecular weight is 347 g/mol. The van der Waals surface area contributed by atoms with E-state index in [9.17, 15) is 5.11 Å². The summed E-state index contributed by atoms with van der Waals surface area (Å²) in [6.07, 6.45) is 8.93. The SMILES string of the molecule is O[C@@]1(CNC(=S)Nc2cc3c(cn2)CCCC3)CN2CCC1CC2. The maximum atomic E-state index is 10.9. The third kappa shape index (κ3) is 3.27. The molecule has 1 aromatic heterocycles. The van der Waals surface area contributed by atoms with Gasteiger partial charge in [-0.05, 0) is 86.9 Å². The predicted molar refractivity (Wildman–Crippen MR) is 99.2 cm³/mol. The highest BCUT2D eigenvalue weighted by atomic mass is 32.1. The lowest BCUT2D eigenvalue weighted by Crippen LogP contribution is -2.63. The minimum atomic E-state index is -0.661. The molecule has 6 heteroatoms. The van der Waals surface area contributed by atoms with Gasteiger partial charge >= 0.3 is 0 Å². The van der Waals surface area contributed by atoms with Crippen LogP contribution in [-0.4, -0.2) is 51.9 Å². The molecule has 0 radical (unpaired) electrons. The molecule has 24 heavy (non-hydrogen) atoms. The van der Waals surface area contributed by atoms with Gasteiger partial charge < -0.3 is 20.6 Å². The summed E-state index contributed by atoms with van der Waals surface area (Å²) in [6.45, 7) is 3.50. The zero-order valence-corrected chi connectivity index (χ0v) is 14.9. The Kier molecular flexibility index (Phi) is 4.45. The van der Waals surface area contributed by atoms with Gasteiger partial charge in [-0.3, -0.25) is 0 Å². The van der Waals surface area contributed by atoms with Gasteiger partial charge in [0, 0.05) is 19.3 Å². The summed E-state index contributed by atoms with van der Waals surface area (Å²) in [7, 11) is 0. The van der Waals surface area contributed by atoms with Crippen LogP contribution in [0.5, 0.6) is 0 Å². The third-order valence-electron chi connectivity index (χ3n) is 5.87. The van der Waals surface area contributed by atoms with E-state index in [1.165, 1.54) is 24.0 Å². The summed E-state index contributed by atoms with van der Waals surface area (Å²) < 4.78 is 0.